The molecule has 0 heterocycles. The average molecular weight is 195 g/mol. The lowest BCUT2D eigenvalue weighted by molar-refractivity contribution is -0.117. The first-order valence-electron chi connectivity index (χ1n) is 4.03. The maximum atomic E-state index is 13.1. The number of hydrogen-bond donors (Lipinski definition) is 2. The summed E-state index contributed by atoms with van der Waals surface area (Å²) >= 11 is 0. The number of benzene rings is 1. The van der Waals surface area contributed by atoms with Gasteiger partial charge in [-0.25, -0.2) is 4.39 Å². The van der Waals surface area contributed by atoms with Crippen LogP contribution in [0.3, 0.4) is 0 Å². The van der Waals surface area contributed by atoms with Gasteiger partial charge >= 0.3 is 0 Å². The van der Waals surface area contributed by atoms with Crippen molar-refractivity contribution in [2.24, 2.45) is 5.73 Å². The van der Waals surface area contributed by atoms with Gasteiger partial charge in [0.1, 0.15) is 0 Å². The smallest absolute Gasteiger partial charge is 0.221 e. The van der Waals surface area contributed by atoms with Crippen LogP contribution >= 0.6 is 0 Å². The summed E-state index contributed by atoms with van der Waals surface area (Å²) in [5.41, 5.74) is 5.12. The third-order valence-corrected chi connectivity index (χ3v) is 1.62. The Hall–Kier alpha value is -1.84. The third kappa shape index (κ3) is 2.58. The van der Waals surface area contributed by atoms with Crippen LogP contribution in [0.4, 0.5) is 4.39 Å². The van der Waals surface area contributed by atoms with Crippen molar-refractivity contribution in [1.29, 1.82) is 0 Å². The molecule has 0 atom stereocenters. The van der Waals surface area contributed by atoms with Crippen LogP contribution in [0.5, 0.6) is 5.75 Å². The van der Waals surface area contributed by atoms with Crippen molar-refractivity contribution in [3.8, 4) is 5.75 Å². The van der Waals surface area contributed by atoms with Gasteiger partial charge in [-0.05, 0) is 6.07 Å². The minimum atomic E-state index is -0.701. The Labute approximate surface area is 80.7 Å². The Bertz CT molecular complexity index is 374. The largest absolute Gasteiger partial charge is 0.505 e. The number of carbonyl (C=O) groups is 1. The summed E-state index contributed by atoms with van der Waals surface area (Å²) in [4.78, 5) is 10.4. The molecule has 0 aromatic heterocycles. The topological polar surface area (TPSA) is 63.3 Å². The van der Waals surface area contributed by atoms with E-state index < -0.39 is 17.5 Å². The van der Waals surface area contributed by atoms with E-state index in [2.05, 4.69) is 0 Å². The molecule has 1 rings (SSSR count). The van der Waals surface area contributed by atoms with Crippen LogP contribution in [0, 0.1) is 5.82 Å². The number of primary amides is 1. The highest BCUT2D eigenvalue weighted by Gasteiger charge is 2.02. The summed E-state index contributed by atoms with van der Waals surface area (Å²) in [6, 6.07) is 4.26. The molecule has 1 aromatic carbocycles. The number of halogens is 1. The molecule has 0 saturated heterocycles. The zero-order valence-corrected chi connectivity index (χ0v) is 7.40. The molecule has 3 nitrogen and oxygen atoms in total. The van der Waals surface area contributed by atoms with Crippen LogP contribution in [0.1, 0.15) is 12.0 Å². The number of phenolic OH excluding ortho intramolecular Hbond substituents is 1. The van der Waals surface area contributed by atoms with E-state index in [4.69, 9.17) is 10.8 Å². The van der Waals surface area contributed by atoms with Crippen molar-refractivity contribution >= 4 is 12.0 Å². The molecule has 1 amide bonds. The van der Waals surface area contributed by atoms with Gasteiger partial charge in [-0.15, -0.1) is 0 Å². The quantitative estimate of drug-likeness (QED) is 0.766. The summed E-state index contributed by atoms with van der Waals surface area (Å²) in [7, 11) is 0. The van der Waals surface area contributed by atoms with E-state index >= 15 is 0 Å². The van der Waals surface area contributed by atoms with Crippen LogP contribution in [0.25, 0.3) is 6.08 Å². The molecular formula is C10H10FNO2. The molecule has 74 valence electrons. The van der Waals surface area contributed by atoms with Crippen molar-refractivity contribution in [2.75, 3.05) is 0 Å². The number of hydrogen-bond acceptors (Lipinski definition) is 2. The molecule has 0 bridgehead atoms. The van der Waals surface area contributed by atoms with Crippen LogP contribution in [0.2, 0.25) is 0 Å². The van der Waals surface area contributed by atoms with E-state index in [1.807, 2.05) is 0 Å². The molecule has 3 N–H and O–H groups in total. The molecule has 0 saturated carbocycles. The highest BCUT2D eigenvalue weighted by Crippen LogP contribution is 2.19. The Morgan fingerprint density at radius 1 is 1.57 bits per heavy atom. The lowest BCUT2D eigenvalue weighted by Crippen LogP contribution is -2.07. The zero-order valence-electron chi connectivity index (χ0n) is 7.40. The van der Waals surface area contributed by atoms with Gasteiger partial charge in [-0.2, -0.15) is 0 Å². The van der Waals surface area contributed by atoms with Crippen molar-refractivity contribution < 1.29 is 14.3 Å². The van der Waals surface area contributed by atoms with E-state index in [1.165, 1.54) is 30.4 Å². The number of amides is 1. The number of carbonyl (C=O) groups excluding carboxylic acids is 1. The fourth-order valence-corrected chi connectivity index (χ4v) is 0.968. The number of rotatable bonds is 3. The van der Waals surface area contributed by atoms with E-state index in [0.717, 1.165) is 0 Å². The van der Waals surface area contributed by atoms with E-state index in [1.54, 1.807) is 0 Å². The standard InChI is InChI=1S/C10H10FNO2/c11-10-7(3-1-5-8(10)13)4-2-6-9(12)14/h1-5,13H,6H2,(H2,12,14). The molecule has 0 fully saturated rings. The fraction of sp³-hybridized carbons (Fsp3) is 0.100. The second-order valence-electron chi connectivity index (χ2n) is 2.75. The maximum Gasteiger partial charge on any atom is 0.221 e. The molecule has 0 aliphatic rings. The first kappa shape index (κ1) is 10.2. The highest BCUT2D eigenvalue weighted by atomic mass is 19.1. The Balaban J connectivity index is 2.81. The molecule has 1 aromatic rings. The first-order valence-corrected chi connectivity index (χ1v) is 4.03. The van der Waals surface area contributed by atoms with Crippen LogP contribution < -0.4 is 5.73 Å². The number of nitrogens with two attached hydrogens (primary N) is 1. The molecule has 0 aliphatic heterocycles. The van der Waals surface area contributed by atoms with Gasteiger partial charge in [0.15, 0.2) is 11.6 Å². The van der Waals surface area contributed by atoms with E-state index in [9.17, 15) is 9.18 Å². The Morgan fingerprint density at radius 3 is 2.93 bits per heavy atom. The van der Waals surface area contributed by atoms with Gasteiger partial charge in [0, 0.05) is 12.0 Å². The molecule has 4 heteroatoms. The summed E-state index contributed by atoms with van der Waals surface area (Å²) in [5, 5.41) is 9.01. The molecule has 0 spiro atoms. The highest BCUT2D eigenvalue weighted by molar-refractivity contribution is 5.76. The second-order valence-corrected chi connectivity index (χ2v) is 2.75. The summed E-state index contributed by atoms with van der Waals surface area (Å²) in [6.07, 6.45) is 2.90. The fourth-order valence-electron chi connectivity index (χ4n) is 0.968. The molecule has 0 unspecified atom stereocenters. The lowest BCUT2D eigenvalue weighted by atomic mass is 10.1. The van der Waals surface area contributed by atoms with E-state index in [0.29, 0.717) is 0 Å². The lowest BCUT2D eigenvalue weighted by Gasteiger charge is -1.98. The normalized spacial score (nSPS) is 10.6. The van der Waals surface area contributed by atoms with Crippen molar-refractivity contribution in [2.45, 2.75) is 6.42 Å². The second kappa shape index (κ2) is 4.41. The average Bonchev–Trinajstić information content (AvgIpc) is 2.12. The molecule has 0 aliphatic carbocycles. The van der Waals surface area contributed by atoms with Crippen molar-refractivity contribution in [3.05, 3.63) is 35.7 Å². The number of aromatic hydroxyl groups is 1. The van der Waals surface area contributed by atoms with Crippen LogP contribution in [0.15, 0.2) is 24.3 Å². The zero-order chi connectivity index (χ0) is 10.6. The summed E-state index contributed by atoms with van der Waals surface area (Å²) in [6.45, 7) is 0. The van der Waals surface area contributed by atoms with Crippen LogP contribution in [-0.2, 0) is 4.79 Å². The molecule has 0 radical (unpaired) electrons. The van der Waals surface area contributed by atoms with Gasteiger partial charge in [-0.3, -0.25) is 4.79 Å². The Morgan fingerprint density at radius 2 is 2.29 bits per heavy atom. The maximum absolute atomic E-state index is 13.1. The monoisotopic (exact) mass is 195 g/mol. The Kier molecular flexibility index (Phi) is 3.23. The molecule has 14 heavy (non-hydrogen) atoms. The van der Waals surface area contributed by atoms with E-state index in [-0.39, 0.29) is 12.0 Å². The van der Waals surface area contributed by atoms with Gasteiger partial charge in [0.2, 0.25) is 5.91 Å². The SMILES string of the molecule is NC(=O)CC=Cc1cccc(O)c1F. The minimum Gasteiger partial charge on any atom is -0.505 e. The number of phenols is 1. The van der Waals surface area contributed by atoms with Gasteiger partial charge < -0.3 is 10.8 Å². The van der Waals surface area contributed by atoms with Crippen molar-refractivity contribution in [1.82, 2.24) is 0 Å². The predicted octanol–water partition coefficient (Wildman–Crippen LogP) is 1.42. The predicted molar refractivity (Wildman–Crippen MR) is 50.9 cm³/mol. The van der Waals surface area contributed by atoms with Crippen LogP contribution in [-0.4, -0.2) is 11.0 Å². The van der Waals surface area contributed by atoms with Gasteiger partial charge in [0.25, 0.3) is 0 Å². The summed E-state index contributed by atoms with van der Waals surface area (Å²) < 4.78 is 13.1. The minimum absolute atomic E-state index is 0.0507. The van der Waals surface area contributed by atoms with Gasteiger partial charge in [-0.1, -0.05) is 24.3 Å². The third-order valence-electron chi connectivity index (χ3n) is 1.62. The van der Waals surface area contributed by atoms with Crippen molar-refractivity contribution in [3.63, 3.8) is 0 Å². The van der Waals surface area contributed by atoms with Gasteiger partial charge in [0.05, 0.1) is 0 Å². The first-order chi connectivity index (χ1) is 6.61. The summed E-state index contributed by atoms with van der Waals surface area (Å²) in [5.74, 6) is -1.60. The molecular weight excluding hydrogens is 185 g/mol.